The predicted octanol–water partition coefficient (Wildman–Crippen LogP) is 2.51. The summed E-state index contributed by atoms with van der Waals surface area (Å²) in [6.45, 7) is 0. The molecule has 2 aromatic heterocycles. The molecule has 1 aliphatic carbocycles. The van der Waals surface area contributed by atoms with E-state index >= 15 is 0 Å². The number of thiazole rings is 1. The monoisotopic (exact) mass is 296 g/mol. The lowest BCUT2D eigenvalue weighted by Gasteiger charge is -1.98. The molecule has 21 heavy (non-hydrogen) atoms. The number of nitriles is 1. The molecule has 3 N–H and O–H groups in total. The van der Waals surface area contributed by atoms with Gasteiger partial charge in [-0.15, -0.1) is 5.10 Å². The van der Waals surface area contributed by atoms with E-state index < -0.39 is 0 Å². The van der Waals surface area contributed by atoms with Gasteiger partial charge >= 0.3 is 0 Å². The van der Waals surface area contributed by atoms with Crippen LogP contribution in [0.1, 0.15) is 18.4 Å². The summed E-state index contributed by atoms with van der Waals surface area (Å²) in [5, 5.41) is 17.6. The van der Waals surface area contributed by atoms with Crippen molar-refractivity contribution in [1.29, 1.82) is 5.26 Å². The number of nitrogens with two attached hydrogens (primary N) is 1. The van der Waals surface area contributed by atoms with E-state index in [2.05, 4.69) is 21.5 Å². The number of hydrogen-bond acceptors (Lipinski definition) is 6. The number of hydrogen-bond donors (Lipinski definition) is 2. The van der Waals surface area contributed by atoms with Crippen LogP contribution in [0.15, 0.2) is 24.3 Å². The highest BCUT2D eigenvalue weighted by Gasteiger charge is 2.26. The average molecular weight is 296 g/mol. The maximum absolute atomic E-state index is 9.29. The van der Waals surface area contributed by atoms with Gasteiger partial charge in [-0.2, -0.15) is 9.94 Å². The fourth-order valence-corrected chi connectivity index (χ4v) is 3.09. The van der Waals surface area contributed by atoms with E-state index in [-0.39, 0.29) is 0 Å². The van der Waals surface area contributed by atoms with Crippen LogP contribution >= 0.6 is 11.3 Å². The Hall–Kier alpha value is -2.59. The standard InChI is InChI=1S/C14H12N6S/c15-7-9-12(16)20(19-13(9)17-8-5-6-8)14-18-10-3-1-2-4-11(10)21-14/h1-4,8H,5-6,16H2,(H,17,19). The molecule has 0 bridgehead atoms. The first-order chi connectivity index (χ1) is 10.3. The SMILES string of the molecule is N#Cc1c(NC2CC2)nn(-c2nc3ccccc3s2)c1N. The summed E-state index contributed by atoms with van der Waals surface area (Å²) < 4.78 is 2.62. The van der Waals surface area contributed by atoms with Crippen molar-refractivity contribution >= 4 is 33.2 Å². The van der Waals surface area contributed by atoms with Gasteiger partial charge in [0.05, 0.1) is 10.2 Å². The number of para-hydroxylation sites is 1. The highest BCUT2D eigenvalue weighted by atomic mass is 32.1. The maximum Gasteiger partial charge on any atom is 0.213 e. The summed E-state index contributed by atoms with van der Waals surface area (Å²) in [4.78, 5) is 4.53. The number of benzene rings is 1. The second-order valence-electron chi connectivity index (χ2n) is 5.02. The zero-order valence-corrected chi connectivity index (χ0v) is 11.9. The molecular weight excluding hydrogens is 284 g/mol. The van der Waals surface area contributed by atoms with Crippen LogP contribution in [-0.4, -0.2) is 20.8 Å². The summed E-state index contributed by atoms with van der Waals surface area (Å²) >= 11 is 1.50. The highest BCUT2D eigenvalue weighted by Crippen LogP contribution is 2.32. The summed E-state index contributed by atoms with van der Waals surface area (Å²) in [5.74, 6) is 0.886. The minimum Gasteiger partial charge on any atom is -0.382 e. The quantitative estimate of drug-likeness (QED) is 0.774. The molecule has 0 amide bonds. The van der Waals surface area contributed by atoms with Crippen molar-refractivity contribution in [3.05, 3.63) is 29.8 Å². The van der Waals surface area contributed by atoms with Gasteiger partial charge in [-0.3, -0.25) is 0 Å². The molecule has 1 aliphatic rings. The van der Waals surface area contributed by atoms with E-state index in [9.17, 15) is 5.26 Å². The molecule has 0 atom stereocenters. The number of nitrogens with one attached hydrogen (secondary N) is 1. The van der Waals surface area contributed by atoms with E-state index in [1.165, 1.54) is 11.3 Å². The van der Waals surface area contributed by atoms with Crippen LogP contribution in [-0.2, 0) is 0 Å². The number of rotatable bonds is 3. The molecular formula is C14H12N6S. The molecule has 0 aliphatic heterocycles. The number of nitrogen functional groups attached to an aromatic ring is 1. The van der Waals surface area contributed by atoms with Gasteiger partial charge in [0.15, 0.2) is 5.82 Å². The van der Waals surface area contributed by atoms with E-state index in [1.54, 1.807) is 4.68 Å². The molecule has 1 fully saturated rings. The molecule has 3 aromatic rings. The zero-order chi connectivity index (χ0) is 14.4. The van der Waals surface area contributed by atoms with E-state index in [4.69, 9.17) is 5.73 Å². The summed E-state index contributed by atoms with van der Waals surface area (Å²) in [7, 11) is 0. The van der Waals surface area contributed by atoms with Crippen LogP contribution in [0.4, 0.5) is 11.6 Å². The molecule has 2 heterocycles. The van der Waals surface area contributed by atoms with Crippen molar-refractivity contribution in [3.63, 3.8) is 0 Å². The second kappa shape index (κ2) is 4.46. The molecule has 1 saturated carbocycles. The van der Waals surface area contributed by atoms with Crippen LogP contribution in [0.5, 0.6) is 0 Å². The number of aromatic nitrogens is 3. The van der Waals surface area contributed by atoms with Crippen molar-refractivity contribution in [1.82, 2.24) is 14.8 Å². The minimum absolute atomic E-state index is 0.333. The Morgan fingerprint density at radius 2 is 2.19 bits per heavy atom. The third kappa shape index (κ3) is 2.00. The Labute approximate surface area is 124 Å². The van der Waals surface area contributed by atoms with E-state index in [0.717, 1.165) is 23.1 Å². The van der Waals surface area contributed by atoms with Crippen LogP contribution in [0.25, 0.3) is 15.3 Å². The van der Waals surface area contributed by atoms with Crippen molar-refractivity contribution < 1.29 is 0 Å². The maximum atomic E-state index is 9.29. The first kappa shape index (κ1) is 12.2. The first-order valence-corrected chi connectivity index (χ1v) is 7.49. The van der Waals surface area contributed by atoms with Crippen LogP contribution in [0.3, 0.4) is 0 Å². The van der Waals surface area contributed by atoms with Gasteiger partial charge in [0.25, 0.3) is 0 Å². The Bertz CT molecular complexity index is 834. The third-order valence-electron chi connectivity index (χ3n) is 3.41. The number of anilines is 2. The van der Waals surface area contributed by atoms with Gasteiger partial charge in [0.1, 0.15) is 17.5 Å². The summed E-state index contributed by atoms with van der Waals surface area (Å²) in [6, 6.07) is 10.4. The topological polar surface area (TPSA) is 92.5 Å². The molecule has 0 spiro atoms. The van der Waals surface area contributed by atoms with Crippen molar-refractivity contribution in [2.24, 2.45) is 0 Å². The molecule has 0 saturated heterocycles. The van der Waals surface area contributed by atoms with Gasteiger partial charge in [0.2, 0.25) is 5.13 Å². The molecule has 0 radical (unpaired) electrons. The van der Waals surface area contributed by atoms with E-state index in [1.807, 2.05) is 24.3 Å². The Morgan fingerprint density at radius 1 is 1.38 bits per heavy atom. The molecule has 6 nitrogen and oxygen atoms in total. The normalized spacial score (nSPS) is 14.2. The van der Waals surface area contributed by atoms with Gasteiger partial charge in [-0.1, -0.05) is 23.5 Å². The smallest absolute Gasteiger partial charge is 0.213 e. The second-order valence-corrected chi connectivity index (χ2v) is 6.02. The fraction of sp³-hybridized carbons (Fsp3) is 0.214. The Kier molecular flexibility index (Phi) is 2.59. The molecule has 104 valence electrons. The largest absolute Gasteiger partial charge is 0.382 e. The average Bonchev–Trinajstić information content (AvgIpc) is 3.10. The highest BCUT2D eigenvalue weighted by molar-refractivity contribution is 7.20. The Balaban J connectivity index is 1.83. The molecule has 1 aromatic carbocycles. The lowest BCUT2D eigenvalue weighted by molar-refractivity contribution is 0.880. The van der Waals surface area contributed by atoms with Gasteiger partial charge in [-0.25, -0.2) is 4.98 Å². The zero-order valence-electron chi connectivity index (χ0n) is 11.1. The third-order valence-corrected chi connectivity index (χ3v) is 4.43. The lowest BCUT2D eigenvalue weighted by atomic mass is 10.3. The fourth-order valence-electron chi connectivity index (χ4n) is 2.16. The lowest BCUT2D eigenvalue weighted by Crippen LogP contribution is -2.04. The van der Waals surface area contributed by atoms with Gasteiger partial charge in [0, 0.05) is 6.04 Å². The molecule has 4 rings (SSSR count). The summed E-state index contributed by atoms with van der Waals surface area (Å²) in [6.07, 6.45) is 2.22. The Morgan fingerprint density at radius 3 is 2.90 bits per heavy atom. The van der Waals surface area contributed by atoms with Crippen LogP contribution in [0.2, 0.25) is 0 Å². The molecule has 0 unspecified atom stereocenters. The van der Waals surface area contributed by atoms with Crippen molar-refractivity contribution in [2.45, 2.75) is 18.9 Å². The van der Waals surface area contributed by atoms with Crippen LogP contribution < -0.4 is 11.1 Å². The minimum atomic E-state index is 0.333. The van der Waals surface area contributed by atoms with Gasteiger partial charge in [-0.05, 0) is 25.0 Å². The van der Waals surface area contributed by atoms with Crippen molar-refractivity contribution in [3.8, 4) is 11.2 Å². The van der Waals surface area contributed by atoms with Gasteiger partial charge < -0.3 is 11.1 Å². The predicted molar refractivity (Wildman–Crippen MR) is 82.5 cm³/mol. The van der Waals surface area contributed by atoms with E-state index in [0.29, 0.717) is 28.4 Å². The van der Waals surface area contributed by atoms with Crippen molar-refractivity contribution in [2.75, 3.05) is 11.1 Å². The van der Waals surface area contributed by atoms with Crippen LogP contribution in [0, 0.1) is 11.3 Å². The number of nitrogens with zero attached hydrogens (tertiary/aromatic N) is 4. The number of fused-ring (bicyclic) bond motifs is 1. The first-order valence-electron chi connectivity index (χ1n) is 6.67. The molecule has 7 heteroatoms. The summed E-state index contributed by atoms with van der Waals surface area (Å²) in [5.41, 5.74) is 7.36.